The molecule has 0 saturated heterocycles. The lowest BCUT2D eigenvalue weighted by Crippen LogP contribution is -2.08. The molecule has 0 fully saturated rings. The standard InChI is InChI=1S/C11H17NO3/c1-5-8-15-11(14)9(2)10(13)6-7-12(3)4/h5-7,13H,1,8H2,2-4H3/b7-6+,10-9-. The van der Waals surface area contributed by atoms with E-state index >= 15 is 0 Å². The molecule has 4 nitrogen and oxygen atoms in total. The van der Waals surface area contributed by atoms with Gasteiger partial charge in [-0.15, -0.1) is 0 Å². The Morgan fingerprint density at radius 1 is 1.53 bits per heavy atom. The molecule has 0 aliphatic carbocycles. The molecular weight excluding hydrogens is 194 g/mol. The van der Waals surface area contributed by atoms with Crippen LogP contribution in [0.25, 0.3) is 0 Å². The highest BCUT2D eigenvalue weighted by Gasteiger charge is 2.08. The molecular formula is C11H17NO3. The quantitative estimate of drug-likeness (QED) is 0.247. The Balaban J connectivity index is 4.48. The van der Waals surface area contributed by atoms with Gasteiger partial charge < -0.3 is 14.7 Å². The molecule has 0 saturated carbocycles. The Hall–Kier alpha value is -1.71. The molecule has 0 amide bonds. The first kappa shape index (κ1) is 13.3. The van der Waals surface area contributed by atoms with Gasteiger partial charge in [0.1, 0.15) is 12.4 Å². The summed E-state index contributed by atoms with van der Waals surface area (Å²) in [5.41, 5.74) is 0.176. The van der Waals surface area contributed by atoms with Gasteiger partial charge in [0.2, 0.25) is 0 Å². The molecule has 0 aromatic carbocycles. The molecule has 0 unspecified atom stereocenters. The Labute approximate surface area is 90.1 Å². The summed E-state index contributed by atoms with van der Waals surface area (Å²) in [6, 6.07) is 0. The van der Waals surface area contributed by atoms with E-state index < -0.39 is 5.97 Å². The number of esters is 1. The number of hydrogen-bond acceptors (Lipinski definition) is 4. The minimum atomic E-state index is -0.546. The van der Waals surface area contributed by atoms with Crippen LogP contribution in [0.15, 0.2) is 36.3 Å². The van der Waals surface area contributed by atoms with Crippen molar-refractivity contribution in [2.24, 2.45) is 0 Å². The van der Waals surface area contributed by atoms with Crippen LogP contribution in [0, 0.1) is 0 Å². The van der Waals surface area contributed by atoms with E-state index in [4.69, 9.17) is 4.74 Å². The zero-order valence-corrected chi connectivity index (χ0v) is 9.36. The van der Waals surface area contributed by atoms with Crippen molar-refractivity contribution in [1.29, 1.82) is 0 Å². The van der Waals surface area contributed by atoms with Gasteiger partial charge in [0.15, 0.2) is 0 Å². The van der Waals surface area contributed by atoms with Crippen molar-refractivity contribution >= 4 is 5.97 Å². The third kappa shape index (κ3) is 5.57. The van der Waals surface area contributed by atoms with Crippen LogP contribution in [-0.2, 0) is 9.53 Å². The second-order valence-corrected chi connectivity index (χ2v) is 3.18. The van der Waals surface area contributed by atoms with Crippen molar-refractivity contribution in [3.63, 3.8) is 0 Å². The van der Waals surface area contributed by atoms with Crippen LogP contribution < -0.4 is 0 Å². The second kappa shape index (κ2) is 6.70. The van der Waals surface area contributed by atoms with E-state index in [1.807, 2.05) is 14.1 Å². The zero-order valence-electron chi connectivity index (χ0n) is 9.36. The molecule has 1 N–H and O–H groups in total. The van der Waals surface area contributed by atoms with Gasteiger partial charge in [0, 0.05) is 20.3 Å². The molecule has 84 valence electrons. The first-order chi connectivity index (χ1) is 6.99. The van der Waals surface area contributed by atoms with Crippen molar-refractivity contribution in [2.45, 2.75) is 6.92 Å². The normalized spacial score (nSPS) is 12.2. The summed E-state index contributed by atoms with van der Waals surface area (Å²) in [4.78, 5) is 13.0. The maximum absolute atomic E-state index is 11.3. The zero-order chi connectivity index (χ0) is 11.8. The number of aliphatic hydroxyl groups is 1. The molecule has 0 aliphatic rings. The molecule has 0 bridgehead atoms. The summed E-state index contributed by atoms with van der Waals surface area (Å²) in [6.45, 7) is 5.06. The van der Waals surface area contributed by atoms with Crippen LogP contribution in [-0.4, -0.2) is 36.7 Å². The first-order valence-corrected chi connectivity index (χ1v) is 4.51. The highest BCUT2D eigenvalue weighted by atomic mass is 16.5. The van der Waals surface area contributed by atoms with Gasteiger partial charge in [-0.1, -0.05) is 12.7 Å². The van der Waals surface area contributed by atoms with Crippen molar-refractivity contribution < 1.29 is 14.6 Å². The second-order valence-electron chi connectivity index (χ2n) is 3.18. The van der Waals surface area contributed by atoms with E-state index in [0.717, 1.165) is 0 Å². The smallest absolute Gasteiger partial charge is 0.337 e. The molecule has 0 heterocycles. The fourth-order valence-corrected chi connectivity index (χ4v) is 0.692. The number of allylic oxidation sites excluding steroid dienone is 1. The van der Waals surface area contributed by atoms with Gasteiger partial charge in [-0.2, -0.15) is 0 Å². The minimum Gasteiger partial charge on any atom is -0.507 e. The summed E-state index contributed by atoms with van der Waals surface area (Å²) in [5, 5.41) is 9.48. The van der Waals surface area contributed by atoms with Gasteiger partial charge in [-0.05, 0) is 13.0 Å². The van der Waals surface area contributed by atoms with Crippen LogP contribution in [0.2, 0.25) is 0 Å². The number of hydrogen-bond donors (Lipinski definition) is 1. The summed E-state index contributed by atoms with van der Waals surface area (Å²) in [6.07, 6.45) is 4.54. The average molecular weight is 211 g/mol. The van der Waals surface area contributed by atoms with Gasteiger partial charge >= 0.3 is 5.97 Å². The molecule has 0 spiro atoms. The summed E-state index contributed by atoms with van der Waals surface area (Å²) < 4.78 is 4.76. The molecule has 4 heteroatoms. The molecule has 0 radical (unpaired) electrons. The highest BCUT2D eigenvalue weighted by Crippen LogP contribution is 2.04. The largest absolute Gasteiger partial charge is 0.507 e. The summed E-state index contributed by atoms with van der Waals surface area (Å²) in [7, 11) is 3.63. The SMILES string of the molecule is C=CCOC(=O)/C(C)=C(O)/C=C/N(C)C. The molecule has 0 atom stereocenters. The van der Waals surface area contributed by atoms with E-state index in [1.165, 1.54) is 19.1 Å². The predicted octanol–water partition coefficient (Wildman–Crippen LogP) is 1.62. The Morgan fingerprint density at radius 3 is 2.60 bits per heavy atom. The third-order valence-electron chi connectivity index (χ3n) is 1.55. The Bertz CT molecular complexity index is 290. The fourth-order valence-electron chi connectivity index (χ4n) is 0.692. The average Bonchev–Trinajstić information content (AvgIpc) is 2.21. The molecule has 0 aromatic heterocycles. The van der Waals surface area contributed by atoms with Gasteiger partial charge in [0.25, 0.3) is 0 Å². The lowest BCUT2D eigenvalue weighted by Gasteiger charge is -2.05. The number of carbonyl (C=O) groups is 1. The molecule has 0 rings (SSSR count). The number of aliphatic hydroxyl groups excluding tert-OH is 1. The van der Waals surface area contributed by atoms with E-state index in [9.17, 15) is 9.90 Å². The van der Waals surface area contributed by atoms with Crippen LogP contribution >= 0.6 is 0 Å². The maximum Gasteiger partial charge on any atom is 0.337 e. The minimum absolute atomic E-state index is 0.0993. The van der Waals surface area contributed by atoms with Gasteiger partial charge in [0.05, 0.1) is 5.57 Å². The fraction of sp³-hybridized carbons (Fsp3) is 0.364. The lowest BCUT2D eigenvalue weighted by atomic mass is 10.2. The van der Waals surface area contributed by atoms with Crippen LogP contribution in [0.5, 0.6) is 0 Å². The molecule has 15 heavy (non-hydrogen) atoms. The van der Waals surface area contributed by atoms with Crippen LogP contribution in [0.1, 0.15) is 6.92 Å². The number of ether oxygens (including phenoxy) is 1. The molecule has 0 aliphatic heterocycles. The number of carbonyl (C=O) groups excluding carboxylic acids is 1. The van der Waals surface area contributed by atoms with Crippen molar-refractivity contribution in [1.82, 2.24) is 4.90 Å². The van der Waals surface area contributed by atoms with Crippen LogP contribution in [0.3, 0.4) is 0 Å². The topological polar surface area (TPSA) is 49.8 Å². The van der Waals surface area contributed by atoms with E-state index in [-0.39, 0.29) is 17.9 Å². The van der Waals surface area contributed by atoms with E-state index in [2.05, 4.69) is 6.58 Å². The van der Waals surface area contributed by atoms with E-state index in [1.54, 1.807) is 11.1 Å². The summed E-state index contributed by atoms with van der Waals surface area (Å²) in [5.74, 6) is -0.645. The first-order valence-electron chi connectivity index (χ1n) is 4.51. The Kier molecular flexibility index (Phi) is 5.94. The number of rotatable bonds is 5. The Morgan fingerprint density at radius 2 is 2.13 bits per heavy atom. The van der Waals surface area contributed by atoms with Gasteiger partial charge in [-0.3, -0.25) is 0 Å². The van der Waals surface area contributed by atoms with E-state index in [0.29, 0.717) is 0 Å². The molecule has 0 aromatic rings. The van der Waals surface area contributed by atoms with Crippen LogP contribution in [0.4, 0.5) is 0 Å². The number of nitrogens with zero attached hydrogens (tertiary/aromatic N) is 1. The predicted molar refractivity (Wildman–Crippen MR) is 59.3 cm³/mol. The van der Waals surface area contributed by atoms with Crippen molar-refractivity contribution in [3.05, 3.63) is 36.3 Å². The maximum atomic E-state index is 11.3. The lowest BCUT2D eigenvalue weighted by molar-refractivity contribution is -0.137. The van der Waals surface area contributed by atoms with Crippen molar-refractivity contribution in [3.8, 4) is 0 Å². The monoisotopic (exact) mass is 211 g/mol. The third-order valence-corrected chi connectivity index (χ3v) is 1.55. The van der Waals surface area contributed by atoms with Crippen molar-refractivity contribution in [2.75, 3.05) is 20.7 Å². The highest BCUT2D eigenvalue weighted by molar-refractivity contribution is 5.88. The summed E-state index contributed by atoms with van der Waals surface area (Å²) >= 11 is 0. The van der Waals surface area contributed by atoms with Gasteiger partial charge in [-0.25, -0.2) is 4.79 Å².